The molecule has 0 aromatic carbocycles. The van der Waals surface area contributed by atoms with Crippen molar-refractivity contribution in [2.75, 3.05) is 0 Å². The van der Waals surface area contributed by atoms with Gasteiger partial charge in [-0.1, -0.05) is 11.8 Å². The lowest BCUT2D eigenvalue weighted by molar-refractivity contribution is -0.152. The normalized spacial score (nSPS) is 19.0. The maximum absolute atomic E-state index is 12.2. The van der Waals surface area contributed by atoms with Gasteiger partial charge in [-0.15, -0.1) is 0 Å². The van der Waals surface area contributed by atoms with Crippen LogP contribution in [0.15, 0.2) is 0 Å². The molecule has 0 saturated heterocycles. The minimum atomic E-state index is -3.58. The Bertz CT molecular complexity index is 156. The van der Waals surface area contributed by atoms with E-state index in [4.69, 9.17) is 5.11 Å². The van der Waals surface area contributed by atoms with E-state index in [1.165, 1.54) is 0 Å². The van der Waals surface area contributed by atoms with Crippen molar-refractivity contribution in [1.82, 2.24) is 0 Å². The summed E-state index contributed by atoms with van der Waals surface area (Å²) in [6.45, 7) is 0. The van der Waals surface area contributed by atoms with Gasteiger partial charge in [0.05, 0.1) is 0 Å². The zero-order valence-electron chi connectivity index (χ0n) is 5.01. The van der Waals surface area contributed by atoms with Crippen molar-refractivity contribution in [1.29, 1.82) is 0 Å². The molecule has 0 atom stereocenters. The molecule has 0 unspecified atom stereocenters. The van der Waals surface area contributed by atoms with Crippen LogP contribution >= 0.6 is 11.8 Å². The molecule has 1 saturated carbocycles. The lowest BCUT2D eigenvalue weighted by atomic mass is 10.7. The highest BCUT2D eigenvalue weighted by Gasteiger charge is 2.44. The number of hydrogen-bond donors (Lipinski definition) is 1. The minimum absolute atomic E-state index is 0.133. The van der Waals surface area contributed by atoms with Crippen molar-refractivity contribution < 1.29 is 18.7 Å². The summed E-state index contributed by atoms with van der Waals surface area (Å²) in [4.78, 5) is 9.81. The summed E-state index contributed by atoms with van der Waals surface area (Å²) < 4.78 is 24.4. The van der Waals surface area contributed by atoms with E-state index in [9.17, 15) is 13.6 Å². The molecule has 0 aromatic rings. The molecule has 0 amide bonds. The van der Waals surface area contributed by atoms with Gasteiger partial charge in [-0.25, -0.2) is 4.79 Å². The van der Waals surface area contributed by atoms with Crippen molar-refractivity contribution in [2.45, 2.75) is 23.3 Å². The smallest absolute Gasteiger partial charge is 0.389 e. The molecule has 0 aliphatic heterocycles. The number of carboxylic acid groups (broad SMARTS) is 1. The first-order valence-electron chi connectivity index (χ1n) is 2.81. The number of aliphatic carboxylic acids is 1. The van der Waals surface area contributed by atoms with Crippen molar-refractivity contribution in [3.05, 3.63) is 0 Å². The predicted octanol–water partition coefficient (Wildman–Crippen LogP) is 1.56. The van der Waals surface area contributed by atoms with Gasteiger partial charge in [-0.05, 0) is 12.8 Å². The maximum atomic E-state index is 12.2. The molecule has 0 heterocycles. The first-order valence-corrected chi connectivity index (χ1v) is 3.69. The fraction of sp³-hybridized carbons (Fsp3) is 0.800. The number of halogens is 2. The zero-order valence-corrected chi connectivity index (χ0v) is 5.83. The van der Waals surface area contributed by atoms with Gasteiger partial charge in [-0.2, -0.15) is 8.78 Å². The standard InChI is InChI=1S/C5H6F2O2S/c6-5(7,4(8)9)10-3-1-2-3/h3H,1-2H2,(H,8,9). The summed E-state index contributed by atoms with van der Waals surface area (Å²) >= 11 is 0.243. The molecule has 1 fully saturated rings. The number of thioether (sulfide) groups is 1. The van der Waals surface area contributed by atoms with E-state index >= 15 is 0 Å². The second-order valence-corrected chi connectivity index (χ2v) is 3.55. The van der Waals surface area contributed by atoms with Gasteiger partial charge in [-0.3, -0.25) is 0 Å². The highest BCUT2D eigenvalue weighted by atomic mass is 32.2. The van der Waals surface area contributed by atoms with Crippen LogP contribution in [-0.4, -0.2) is 21.6 Å². The van der Waals surface area contributed by atoms with Crippen molar-refractivity contribution >= 4 is 17.7 Å². The van der Waals surface area contributed by atoms with Gasteiger partial charge >= 0.3 is 11.2 Å². The fourth-order valence-electron chi connectivity index (χ4n) is 0.446. The van der Waals surface area contributed by atoms with E-state index in [1.54, 1.807) is 0 Å². The molecule has 1 N–H and O–H groups in total. The summed E-state index contributed by atoms with van der Waals surface area (Å²) in [5.74, 6) is -2.04. The molecule has 1 rings (SSSR count). The van der Waals surface area contributed by atoms with Gasteiger partial charge < -0.3 is 5.11 Å². The Kier molecular flexibility index (Phi) is 1.85. The van der Waals surface area contributed by atoms with Crippen LogP contribution in [0.1, 0.15) is 12.8 Å². The Morgan fingerprint density at radius 2 is 2.10 bits per heavy atom. The van der Waals surface area contributed by atoms with E-state index in [0.717, 1.165) is 0 Å². The van der Waals surface area contributed by atoms with Gasteiger partial charge in [0.25, 0.3) is 0 Å². The number of hydrogen-bond acceptors (Lipinski definition) is 2. The predicted molar refractivity (Wildman–Crippen MR) is 33.2 cm³/mol. The summed E-state index contributed by atoms with van der Waals surface area (Å²) in [5, 5.41) is 4.23. The Morgan fingerprint density at radius 3 is 2.40 bits per heavy atom. The van der Waals surface area contributed by atoms with Crippen LogP contribution in [0.25, 0.3) is 0 Å². The Morgan fingerprint density at radius 1 is 1.60 bits per heavy atom. The molecule has 58 valence electrons. The van der Waals surface area contributed by atoms with Crippen molar-refractivity contribution in [3.8, 4) is 0 Å². The van der Waals surface area contributed by atoms with Gasteiger partial charge in [0.15, 0.2) is 0 Å². The molecule has 2 nitrogen and oxygen atoms in total. The molecule has 1 aliphatic carbocycles. The van der Waals surface area contributed by atoms with Gasteiger partial charge in [0, 0.05) is 5.25 Å². The summed E-state index contributed by atoms with van der Waals surface area (Å²) in [6.07, 6.45) is 1.43. The van der Waals surface area contributed by atoms with E-state index < -0.39 is 11.2 Å². The van der Waals surface area contributed by atoms with E-state index in [0.29, 0.717) is 12.8 Å². The quantitative estimate of drug-likeness (QED) is 0.694. The number of rotatable bonds is 3. The maximum Gasteiger partial charge on any atom is 0.389 e. The van der Waals surface area contributed by atoms with Crippen LogP contribution in [0.3, 0.4) is 0 Å². The fourth-order valence-corrected chi connectivity index (χ4v) is 1.34. The lowest BCUT2D eigenvalue weighted by Gasteiger charge is -2.07. The van der Waals surface area contributed by atoms with E-state index in [-0.39, 0.29) is 17.0 Å². The second kappa shape index (κ2) is 2.38. The van der Waals surface area contributed by atoms with Crippen LogP contribution in [-0.2, 0) is 4.79 Å². The minimum Gasteiger partial charge on any atom is -0.476 e. The van der Waals surface area contributed by atoms with Crippen LogP contribution < -0.4 is 0 Å². The first-order chi connectivity index (χ1) is 4.52. The molecule has 0 spiro atoms. The van der Waals surface area contributed by atoms with Crippen molar-refractivity contribution in [2.24, 2.45) is 0 Å². The zero-order chi connectivity index (χ0) is 7.78. The Labute approximate surface area is 60.6 Å². The lowest BCUT2D eigenvalue weighted by Crippen LogP contribution is -2.24. The number of carboxylic acids is 1. The molecule has 0 radical (unpaired) electrons. The molecule has 0 aromatic heterocycles. The third-order valence-electron chi connectivity index (χ3n) is 1.09. The number of alkyl halides is 2. The third-order valence-corrected chi connectivity index (χ3v) is 2.36. The van der Waals surface area contributed by atoms with Crippen LogP contribution in [0.2, 0.25) is 0 Å². The summed E-state index contributed by atoms with van der Waals surface area (Å²) in [7, 11) is 0. The molecule has 0 bridgehead atoms. The monoisotopic (exact) mass is 168 g/mol. The Balaban J connectivity index is 2.40. The van der Waals surface area contributed by atoms with Crippen molar-refractivity contribution in [3.63, 3.8) is 0 Å². The highest BCUT2D eigenvalue weighted by Crippen LogP contribution is 2.43. The molecule has 10 heavy (non-hydrogen) atoms. The van der Waals surface area contributed by atoms with Crippen LogP contribution in [0, 0.1) is 0 Å². The van der Waals surface area contributed by atoms with Gasteiger partial charge in [0.2, 0.25) is 0 Å². The topological polar surface area (TPSA) is 37.3 Å². The average molecular weight is 168 g/mol. The van der Waals surface area contributed by atoms with Gasteiger partial charge in [0.1, 0.15) is 0 Å². The molecule has 5 heteroatoms. The van der Waals surface area contributed by atoms with Crippen LogP contribution in [0.5, 0.6) is 0 Å². The summed E-state index contributed by atoms with van der Waals surface area (Å²) in [6, 6.07) is 0. The van der Waals surface area contributed by atoms with E-state index in [2.05, 4.69) is 0 Å². The molecule has 1 aliphatic rings. The third kappa shape index (κ3) is 1.83. The largest absolute Gasteiger partial charge is 0.476 e. The second-order valence-electron chi connectivity index (χ2n) is 2.14. The number of carbonyl (C=O) groups is 1. The average Bonchev–Trinajstić information content (AvgIpc) is 2.48. The molecular formula is C5H6F2O2S. The molecular weight excluding hydrogens is 162 g/mol. The Hall–Kier alpha value is -0.320. The SMILES string of the molecule is O=C(O)C(F)(F)SC1CC1. The first kappa shape index (κ1) is 7.78. The highest BCUT2D eigenvalue weighted by molar-refractivity contribution is 8.01. The van der Waals surface area contributed by atoms with E-state index in [1.807, 2.05) is 0 Å². The summed E-state index contributed by atoms with van der Waals surface area (Å²) in [5.41, 5.74) is 0. The van der Waals surface area contributed by atoms with Crippen LogP contribution in [0.4, 0.5) is 8.78 Å².